The minimum absolute atomic E-state index is 0.0649. The van der Waals surface area contributed by atoms with Gasteiger partial charge in [-0.25, -0.2) is 4.39 Å². The van der Waals surface area contributed by atoms with E-state index in [9.17, 15) is 9.18 Å². The van der Waals surface area contributed by atoms with Crippen molar-refractivity contribution in [2.24, 2.45) is 0 Å². The van der Waals surface area contributed by atoms with Gasteiger partial charge in [0, 0.05) is 0 Å². The van der Waals surface area contributed by atoms with E-state index in [2.05, 4.69) is 5.32 Å². The summed E-state index contributed by atoms with van der Waals surface area (Å²) in [6.07, 6.45) is 0. The molecule has 1 amide bonds. The van der Waals surface area contributed by atoms with Crippen molar-refractivity contribution < 1.29 is 9.18 Å². The van der Waals surface area contributed by atoms with Gasteiger partial charge in [0.2, 0.25) is 0 Å². The first-order chi connectivity index (χ1) is 10.6. The lowest BCUT2D eigenvalue weighted by molar-refractivity contribution is 0.0936. The molecule has 0 saturated heterocycles. The van der Waals surface area contributed by atoms with Crippen LogP contribution in [-0.4, -0.2) is 5.91 Å². The molecule has 0 heterocycles. The SMILES string of the molecule is CC(NC(=O)c1ccccc1F)c1ccc2ccccc2c1. The van der Waals surface area contributed by atoms with Gasteiger partial charge in [-0.1, -0.05) is 48.5 Å². The molecule has 3 aromatic carbocycles. The summed E-state index contributed by atoms with van der Waals surface area (Å²) >= 11 is 0. The second-order valence-corrected chi connectivity index (χ2v) is 5.28. The molecule has 1 atom stereocenters. The molecule has 0 aliphatic carbocycles. The molecule has 0 aliphatic heterocycles. The predicted octanol–water partition coefficient (Wildman–Crippen LogP) is 4.47. The first-order valence-electron chi connectivity index (χ1n) is 7.19. The van der Waals surface area contributed by atoms with Gasteiger partial charge in [0.05, 0.1) is 11.6 Å². The summed E-state index contributed by atoms with van der Waals surface area (Å²) in [4.78, 5) is 12.2. The third-order valence-electron chi connectivity index (χ3n) is 3.74. The van der Waals surface area contributed by atoms with Crippen molar-refractivity contribution >= 4 is 16.7 Å². The average Bonchev–Trinajstić information content (AvgIpc) is 2.54. The summed E-state index contributed by atoms with van der Waals surface area (Å²) in [6, 6.07) is 19.9. The number of carbonyl (C=O) groups is 1. The summed E-state index contributed by atoms with van der Waals surface area (Å²) in [5, 5.41) is 5.11. The molecule has 3 rings (SSSR count). The van der Waals surface area contributed by atoms with Gasteiger partial charge in [-0.15, -0.1) is 0 Å². The highest BCUT2D eigenvalue weighted by atomic mass is 19.1. The van der Waals surface area contributed by atoms with Crippen LogP contribution in [0.25, 0.3) is 10.8 Å². The molecule has 110 valence electrons. The van der Waals surface area contributed by atoms with E-state index in [-0.39, 0.29) is 11.6 Å². The fraction of sp³-hybridized carbons (Fsp3) is 0.105. The van der Waals surface area contributed by atoms with Crippen LogP contribution in [0.5, 0.6) is 0 Å². The number of hydrogen-bond acceptors (Lipinski definition) is 1. The van der Waals surface area contributed by atoms with Crippen molar-refractivity contribution in [3.63, 3.8) is 0 Å². The molecule has 0 aromatic heterocycles. The van der Waals surface area contributed by atoms with E-state index in [1.165, 1.54) is 12.1 Å². The smallest absolute Gasteiger partial charge is 0.254 e. The second kappa shape index (κ2) is 5.98. The van der Waals surface area contributed by atoms with Crippen LogP contribution >= 0.6 is 0 Å². The van der Waals surface area contributed by atoms with Crippen LogP contribution < -0.4 is 5.32 Å². The summed E-state index contributed by atoms with van der Waals surface area (Å²) < 4.78 is 13.6. The van der Waals surface area contributed by atoms with Gasteiger partial charge in [-0.3, -0.25) is 4.79 Å². The molecule has 3 aromatic rings. The maximum absolute atomic E-state index is 13.6. The second-order valence-electron chi connectivity index (χ2n) is 5.28. The van der Waals surface area contributed by atoms with Gasteiger partial charge in [0.25, 0.3) is 5.91 Å². The van der Waals surface area contributed by atoms with Gasteiger partial charge in [-0.2, -0.15) is 0 Å². The van der Waals surface area contributed by atoms with E-state index < -0.39 is 11.7 Å². The number of carbonyl (C=O) groups excluding carboxylic acids is 1. The number of benzene rings is 3. The van der Waals surface area contributed by atoms with E-state index >= 15 is 0 Å². The normalized spacial score (nSPS) is 12.1. The molecule has 0 radical (unpaired) electrons. The lowest BCUT2D eigenvalue weighted by Gasteiger charge is -2.15. The number of amides is 1. The van der Waals surface area contributed by atoms with Crippen molar-refractivity contribution in [2.45, 2.75) is 13.0 Å². The van der Waals surface area contributed by atoms with Crippen molar-refractivity contribution in [2.75, 3.05) is 0 Å². The fourth-order valence-corrected chi connectivity index (χ4v) is 2.48. The third kappa shape index (κ3) is 2.84. The Labute approximate surface area is 128 Å². The molecule has 0 fully saturated rings. The zero-order chi connectivity index (χ0) is 15.5. The molecule has 0 bridgehead atoms. The number of rotatable bonds is 3. The molecule has 0 aliphatic rings. The maximum atomic E-state index is 13.6. The molecule has 0 saturated carbocycles. The Morgan fingerprint density at radius 2 is 1.64 bits per heavy atom. The Balaban J connectivity index is 1.82. The summed E-state index contributed by atoms with van der Waals surface area (Å²) in [5.74, 6) is -0.913. The van der Waals surface area contributed by atoms with Gasteiger partial charge in [0.1, 0.15) is 5.82 Å². The van der Waals surface area contributed by atoms with Crippen molar-refractivity contribution in [1.29, 1.82) is 0 Å². The number of fused-ring (bicyclic) bond motifs is 1. The van der Waals surface area contributed by atoms with Crippen LogP contribution in [0, 0.1) is 5.82 Å². The van der Waals surface area contributed by atoms with E-state index in [1.807, 2.05) is 49.4 Å². The van der Waals surface area contributed by atoms with Crippen LogP contribution in [0.3, 0.4) is 0 Å². The van der Waals surface area contributed by atoms with Crippen molar-refractivity contribution in [3.05, 3.63) is 83.7 Å². The van der Waals surface area contributed by atoms with Crippen LogP contribution in [-0.2, 0) is 0 Å². The Bertz CT molecular complexity index is 828. The van der Waals surface area contributed by atoms with E-state index in [1.54, 1.807) is 12.1 Å². The Kier molecular flexibility index (Phi) is 3.88. The predicted molar refractivity (Wildman–Crippen MR) is 86.2 cm³/mol. The Hall–Kier alpha value is -2.68. The third-order valence-corrected chi connectivity index (χ3v) is 3.74. The lowest BCUT2D eigenvalue weighted by Crippen LogP contribution is -2.27. The zero-order valence-corrected chi connectivity index (χ0v) is 12.2. The van der Waals surface area contributed by atoms with Crippen LogP contribution in [0.15, 0.2) is 66.7 Å². The highest BCUT2D eigenvalue weighted by Gasteiger charge is 2.14. The highest BCUT2D eigenvalue weighted by molar-refractivity contribution is 5.94. The van der Waals surface area contributed by atoms with E-state index in [0.29, 0.717) is 0 Å². The molecule has 1 unspecified atom stereocenters. The van der Waals surface area contributed by atoms with E-state index in [0.717, 1.165) is 16.3 Å². The minimum atomic E-state index is -0.509. The largest absolute Gasteiger partial charge is 0.345 e. The average molecular weight is 293 g/mol. The maximum Gasteiger partial charge on any atom is 0.254 e. The number of halogens is 1. The van der Waals surface area contributed by atoms with Gasteiger partial charge >= 0.3 is 0 Å². The first kappa shape index (κ1) is 14.3. The van der Waals surface area contributed by atoms with Gasteiger partial charge in [0.15, 0.2) is 0 Å². The summed E-state index contributed by atoms with van der Waals surface area (Å²) in [7, 11) is 0. The van der Waals surface area contributed by atoms with E-state index in [4.69, 9.17) is 0 Å². The Morgan fingerprint density at radius 1 is 0.955 bits per heavy atom. The standard InChI is InChI=1S/C19H16FNO/c1-13(21-19(22)17-8-4-5-9-18(17)20)15-11-10-14-6-2-3-7-16(14)12-15/h2-13H,1H3,(H,21,22). The molecule has 2 nitrogen and oxygen atoms in total. The topological polar surface area (TPSA) is 29.1 Å². The molecule has 3 heteroatoms. The Morgan fingerprint density at radius 3 is 2.41 bits per heavy atom. The zero-order valence-electron chi connectivity index (χ0n) is 12.2. The summed E-state index contributed by atoms with van der Waals surface area (Å²) in [5.41, 5.74) is 1.05. The molecular weight excluding hydrogens is 277 g/mol. The van der Waals surface area contributed by atoms with Crippen LogP contribution in [0.4, 0.5) is 4.39 Å². The number of hydrogen-bond donors (Lipinski definition) is 1. The lowest BCUT2D eigenvalue weighted by atomic mass is 10.0. The summed E-state index contributed by atoms with van der Waals surface area (Å²) in [6.45, 7) is 1.89. The molecule has 0 spiro atoms. The van der Waals surface area contributed by atoms with Gasteiger partial charge < -0.3 is 5.32 Å². The monoisotopic (exact) mass is 293 g/mol. The van der Waals surface area contributed by atoms with Crippen LogP contribution in [0.1, 0.15) is 28.9 Å². The van der Waals surface area contributed by atoms with Gasteiger partial charge in [-0.05, 0) is 41.5 Å². The quantitative estimate of drug-likeness (QED) is 0.758. The fourth-order valence-electron chi connectivity index (χ4n) is 2.48. The molecular formula is C19H16FNO. The van der Waals surface area contributed by atoms with Crippen molar-refractivity contribution in [3.8, 4) is 0 Å². The molecule has 1 N–H and O–H groups in total. The number of nitrogens with one attached hydrogen (secondary N) is 1. The van der Waals surface area contributed by atoms with Crippen molar-refractivity contribution in [1.82, 2.24) is 5.32 Å². The molecule has 22 heavy (non-hydrogen) atoms. The van der Waals surface area contributed by atoms with Crippen LogP contribution in [0.2, 0.25) is 0 Å². The highest BCUT2D eigenvalue weighted by Crippen LogP contribution is 2.20. The first-order valence-corrected chi connectivity index (χ1v) is 7.19. The minimum Gasteiger partial charge on any atom is -0.345 e.